The maximum Gasteiger partial charge on any atom is -0.0623 e. The van der Waals surface area contributed by atoms with Crippen LogP contribution in [0.15, 0.2) is 97.1 Å². The zero-order valence-electron chi connectivity index (χ0n) is 28.9. The van der Waals surface area contributed by atoms with Gasteiger partial charge in [-0.15, -0.1) is 0 Å². The van der Waals surface area contributed by atoms with Crippen molar-refractivity contribution in [3.8, 4) is 0 Å². The number of aryl methyl sites for hydroxylation is 1. The monoisotopic (exact) mass is 736 g/mol. The van der Waals surface area contributed by atoms with Gasteiger partial charge in [0.25, 0.3) is 0 Å². The molecule has 3 aromatic rings. The number of allylic oxidation sites excluding steroid dienone is 2. The molecular formula is C41H60W. The minimum absolute atomic E-state index is 0.500. The fourth-order valence-corrected chi connectivity index (χ4v) is 3.85. The number of benzene rings is 3. The maximum absolute atomic E-state index is 2.24. The van der Waals surface area contributed by atoms with Crippen LogP contribution >= 0.6 is 0 Å². The van der Waals surface area contributed by atoms with E-state index in [1.807, 2.05) is 36.4 Å². The molecule has 0 unspecified atom stereocenters. The molecule has 42 heavy (non-hydrogen) atoms. The Morgan fingerprint density at radius 2 is 0.810 bits per heavy atom. The van der Waals surface area contributed by atoms with E-state index < -0.39 is 0 Å². The summed E-state index contributed by atoms with van der Waals surface area (Å²) >= 11 is 1.59. The number of hydrogen-bond acceptors (Lipinski definition) is 0. The first-order valence-electron chi connectivity index (χ1n) is 15.4. The average molecular weight is 737 g/mol. The third kappa shape index (κ3) is 29.2. The first-order valence-corrected chi connectivity index (χ1v) is 16.8. The van der Waals surface area contributed by atoms with Crippen LogP contribution in [0.3, 0.4) is 0 Å². The van der Waals surface area contributed by atoms with Crippen LogP contribution in [-0.4, -0.2) is 3.90 Å². The molecule has 2 aliphatic rings. The molecule has 0 aliphatic heterocycles. The third-order valence-corrected chi connectivity index (χ3v) is 5.48. The molecule has 0 nitrogen and oxygen atoms in total. The van der Waals surface area contributed by atoms with E-state index in [4.69, 9.17) is 0 Å². The van der Waals surface area contributed by atoms with Crippen LogP contribution in [0.4, 0.5) is 0 Å². The van der Waals surface area contributed by atoms with Crippen molar-refractivity contribution < 1.29 is 19.4 Å². The van der Waals surface area contributed by atoms with Gasteiger partial charge in [-0.2, -0.15) is 0 Å². The molecule has 2 aliphatic carbocycles. The average Bonchev–Trinajstić information content (AvgIpc) is 2.88. The summed E-state index contributed by atoms with van der Waals surface area (Å²) < 4.78 is 1.53. The fourth-order valence-electron chi connectivity index (χ4n) is 3.05. The van der Waals surface area contributed by atoms with Gasteiger partial charge in [0.1, 0.15) is 0 Å². The topological polar surface area (TPSA) is 0 Å². The minimum Gasteiger partial charge on any atom is -0.0623 e. The van der Waals surface area contributed by atoms with Crippen molar-refractivity contribution >= 4 is 16.0 Å². The van der Waals surface area contributed by atoms with E-state index in [-0.39, 0.29) is 0 Å². The third-order valence-electron chi connectivity index (χ3n) is 4.47. The number of fused-ring (bicyclic) bond motifs is 2. The van der Waals surface area contributed by atoms with Crippen LogP contribution in [0.2, 0.25) is 0 Å². The van der Waals surface area contributed by atoms with Crippen LogP contribution in [0.25, 0.3) is 12.2 Å². The largest absolute Gasteiger partial charge is 0.0623 e. The van der Waals surface area contributed by atoms with E-state index in [0.29, 0.717) is 16.2 Å². The summed E-state index contributed by atoms with van der Waals surface area (Å²) in [6.07, 6.45) is 12.5. The molecule has 0 radical (unpaired) electrons. The Labute approximate surface area is 272 Å². The summed E-state index contributed by atoms with van der Waals surface area (Å²) in [5.41, 5.74) is 7.25. The molecule has 0 fully saturated rings. The molecule has 0 amide bonds. The van der Waals surface area contributed by atoms with Gasteiger partial charge in [-0.3, -0.25) is 0 Å². The van der Waals surface area contributed by atoms with Gasteiger partial charge in [0.2, 0.25) is 0 Å². The summed E-state index contributed by atoms with van der Waals surface area (Å²) in [6.45, 7) is 26.2. The van der Waals surface area contributed by atoms with Crippen molar-refractivity contribution in [1.29, 1.82) is 0 Å². The van der Waals surface area contributed by atoms with Crippen molar-refractivity contribution in [3.05, 3.63) is 119 Å². The van der Waals surface area contributed by atoms with Crippen molar-refractivity contribution in [2.75, 3.05) is 0 Å². The van der Waals surface area contributed by atoms with Crippen molar-refractivity contribution in [3.63, 3.8) is 0 Å². The molecule has 230 valence electrons. The van der Waals surface area contributed by atoms with Crippen molar-refractivity contribution in [2.24, 2.45) is 16.2 Å². The van der Waals surface area contributed by atoms with Crippen LogP contribution in [-0.2, 0) is 32.2 Å². The summed E-state index contributed by atoms with van der Waals surface area (Å²) in [5, 5.41) is 0. The predicted octanol–water partition coefficient (Wildman–Crippen LogP) is 12.5. The predicted molar refractivity (Wildman–Crippen MR) is 190 cm³/mol. The fraction of sp³-hybridized carbons (Fsp3) is 0.439. The first-order chi connectivity index (χ1) is 19.3. The molecule has 5 rings (SSSR count). The van der Waals surface area contributed by atoms with Crippen molar-refractivity contribution in [2.45, 2.75) is 102 Å². The second kappa shape index (κ2) is 20.6. The van der Waals surface area contributed by atoms with E-state index in [9.17, 15) is 0 Å². The summed E-state index contributed by atoms with van der Waals surface area (Å²) in [6, 6.07) is 29.2. The molecule has 0 saturated carbocycles. The Morgan fingerprint density at radius 1 is 0.452 bits per heavy atom. The summed E-state index contributed by atoms with van der Waals surface area (Å²) in [4.78, 5) is 0. The van der Waals surface area contributed by atoms with Gasteiger partial charge in [0, 0.05) is 0 Å². The van der Waals surface area contributed by atoms with Gasteiger partial charge in [-0.25, -0.2) is 0 Å². The van der Waals surface area contributed by atoms with E-state index in [1.54, 1.807) is 19.4 Å². The second-order valence-electron chi connectivity index (χ2n) is 15.5. The van der Waals surface area contributed by atoms with Gasteiger partial charge in [-0.1, -0.05) is 156 Å². The summed E-state index contributed by atoms with van der Waals surface area (Å²) in [7, 11) is 0. The van der Waals surface area contributed by atoms with E-state index in [0.717, 1.165) is 6.42 Å². The van der Waals surface area contributed by atoms with E-state index >= 15 is 0 Å². The maximum atomic E-state index is 2.24. The molecule has 0 saturated heterocycles. The van der Waals surface area contributed by atoms with E-state index in [1.165, 1.54) is 39.0 Å². The Kier molecular flexibility index (Phi) is 19.4. The molecule has 0 bridgehead atoms. The normalized spacial score (nSPS) is 12.8. The number of hydrogen-bond donors (Lipinski definition) is 0. The zero-order valence-corrected chi connectivity index (χ0v) is 31.9. The molecule has 0 spiro atoms. The summed E-state index contributed by atoms with van der Waals surface area (Å²) in [5.74, 6) is 0. The Balaban J connectivity index is 0.000000501. The Hall–Kier alpha value is -2.30. The molecule has 0 heterocycles. The van der Waals surface area contributed by atoms with Gasteiger partial charge in [0.05, 0.1) is 0 Å². The van der Waals surface area contributed by atoms with Crippen molar-refractivity contribution in [1.82, 2.24) is 0 Å². The molecule has 1 heteroatoms. The molecule has 0 aromatic heterocycles. The van der Waals surface area contributed by atoms with E-state index in [2.05, 4.69) is 156 Å². The van der Waals surface area contributed by atoms with Crippen LogP contribution in [0.5, 0.6) is 0 Å². The van der Waals surface area contributed by atoms with Gasteiger partial charge in [0.15, 0.2) is 0 Å². The molecule has 3 aromatic carbocycles. The second-order valence-corrected chi connectivity index (χ2v) is 17.4. The minimum atomic E-state index is 0.500. The van der Waals surface area contributed by atoms with Crippen LogP contribution in [0.1, 0.15) is 112 Å². The van der Waals surface area contributed by atoms with Crippen LogP contribution in [0, 0.1) is 16.2 Å². The van der Waals surface area contributed by atoms with Crippen LogP contribution < -0.4 is 0 Å². The molecule has 0 N–H and O–H groups in total. The molecular weight excluding hydrogens is 676 g/mol. The van der Waals surface area contributed by atoms with Gasteiger partial charge in [-0.05, 0) is 40.2 Å². The number of rotatable bonds is 0. The standard InChI is InChI=1S/C10H10.C10H8.C6H6.3C5H12.W/c2*1-2-6-10-8-4-3-7-9(10)5-1;1-2-4-6-5-3-1;3*1-5(2,3)4;/h1-3,5-7H,4,8H2;1-3,5-7H,8H2;1-6H;3*1-4H3;. The smallest absolute Gasteiger partial charge is 0.0623 e. The zero-order chi connectivity index (χ0) is 32.2. The van der Waals surface area contributed by atoms with Gasteiger partial charge >= 0.3 is 77.2 Å². The van der Waals surface area contributed by atoms with Gasteiger partial charge < -0.3 is 0 Å². The SMILES string of the molecule is C1=Cc2ccccc2CC1.CC(C)(C)C.CC(C)(C)C.CC(C)(C)C.[W]=[C]1C=Cc2ccccc2C1.c1ccccc1. The quantitative estimate of drug-likeness (QED) is 0.216. The first kappa shape index (κ1) is 39.7. The molecule has 0 atom stereocenters. The Morgan fingerprint density at radius 3 is 1.21 bits per heavy atom. The Bertz CT molecular complexity index is 1100.